The summed E-state index contributed by atoms with van der Waals surface area (Å²) in [6.45, 7) is 6.74. The van der Waals surface area contributed by atoms with Crippen LogP contribution in [0.2, 0.25) is 0 Å². The second-order valence-corrected chi connectivity index (χ2v) is 8.74. The van der Waals surface area contributed by atoms with Gasteiger partial charge in [0, 0.05) is 16.8 Å². The number of nitrogens with two attached hydrogens (primary N) is 1. The number of nitrogen functional groups attached to an aromatic ring is 1. The van der Waals surface area contributed by atoms with Gasteiger partial charge >= 0.3 is 17.9 Å². The van der Waals surface area contributed by atoms with Crippen molar-refractivity contribution in [3.63, 3.8) is 0 Å². The molecule has 9 nitrogen and oxygen atoms in total. The molecule has 1 aromatic carbocycles. The van der Waals surface area contributed by atoms with E-state index in [0.29, 0.717) is 5.41 Å². The molecule has 2 aromatic rings. The number of aromatic nitrogens is 1. The Bertz CT molecular complexity index is 1010. The monoisotopic (exact) mass is 432 g/mol. The molecule has 31 heavy (non-hydrogen) atoms. The van der Waals surface area contributed by atoms with E-state index in [0.717, 1.165) is 29.4 Å². The Balaban J connectivity index is 0.000000235. The van der Waals surface area contributed by atoms with E-state index < -0.39 is 36.4 Å². The summed E-state index contributed by atoms with van der Waals surface area (Å²) >= 11 is 0. The quantitative estimate of drug-likeness (QED) is 0.475. The Hall–Kier alpha value is -3.20. The number of pyridine rings is 1. The predicted octanol–water partition coefficient (Wildman–Crippen LogP) is 2.39. The standard InChI is InChI=1S/C16H20N2.C6H8O7/c1-10-5-4-6-12-14(10)15(17)11-7-8-16(2,3)9-13(11)18-12;7-3(8)1-6(13,5(11)12)2-4(9)10/h4-6H,7-9H2,1-3H3,(H2,17,18);13H,1-2H2,(H,7,8)(H,9,10)(H,11,12). The number of anilines is 1. The van der Waals surface area contributed by atoms with Crippen molar-refractivity contribution in [1.82, 2.24) is 4.98 Å². The number of hydrogen-bond acceptors (Lipinski definition) is 6. The summed E-state index contributed by atoms with van der Waals surface area (Å²) in [6.07, 6.45) is 1.01. The number of nitrogens with zero attached hydrogens (tertiary/aromatic N) is 1. The number of fused-ring (bicyclic) bond motifs is 2. The van der Waals surface area contributed by atoms with Gasteiger partial charge in [0.2, 0.25) is 0 Å². The van der Waals surface area contributed by atoms with E-state index in [1.54, 1.807) is 0 Å². The van der Waals surface area contributed by atoms with Gasteiger partial charge in [-0.1, -0.05) is 26.0 Å². The van der Waals surface area contributed by atoms with E-state index in [1.165, 1.54) is 23.2 Å². The maximum atomic E-state index is 10.3. The number of aryl methyl sites for hydroxylation is 1. The van der Waals surface area contributed by atoms with E-state index in [-0.39, 0.29) is 0 Å². The minimum atomic E-state index is -2.74. The van der Waals surface area contributed by atoms with Gasteiger partial charge in [-0.05, 0) is 48.8 Å². The van der Waals surface area contributed by atoms with Crippen molar-refractivity contribution < 1.29 is 34.8 Å². The molecule has 0 saturated carbocycles. The summed E-state index contributed by atoms with van der Waals surface area (Å²) < 4.78 is 0. The molecule has 3 rings (SSSR count). The summed E-state index contributed by atoms with van der Waals surface area (Å²) in [5, 5.41) is 35.0. The number of carbonyl (C=O) groups is 3. The SMILES string of the molecule is Cc1cccc2nc3c(c(N)c12)CCC(C)(C)C3.O=C(O)CC(O)(CC(=O)O)C(=O)O. The average Bonchev–Trinajstić information content (AvgIpc) is 2.59. The minimum absolute atomic E-state index is 0.351. The molecule has 9 heteroatoms. The van der Waals surface area contributed by atoms with E-state index in [9.17, 15) is 14.4 Å². The lowest BCUT2D eigenvalue weighted by Gasteiger charge is -2.31. The molecule has 6 N–H and O–H groups in total. The molecular formula is C22H28N2O7. The smallest absolute Gasteiger partial charge is 0.336 e. The zero-order valence-corrected chi connectivity index (χ0v) is 17.8. The zero-order chi connectivity index (χ0) is 23.6. The number of carboxylic acids is 3. The number of rotatable bonds is 5. The van der Waals surface area contributed by atoms with Gasteiger partial charge in [0.05, 0.1) is 18.4 Å². The summed E-state index contributed by atoms with van der Waals surface area (Å²) in [6, 6.07) is 6.24. The molecule has 1 aromatic heterocycles. The lowest BCUT2D eigenvalue weighted by atomic mass is 9.75. The fourth-order valence-corrected chi connectivity index (χ4v) is 3.76. The van der Waals surface area contributed by atoms with Gasteiger partial charge in [-0.15, -0.1) is 0 Å². The number of aliphatic hydroxyl groups is 1. The van der Waals surface area contributed by atoms with Crippen LogP contribution in [0, 0.1) is 12.3 Å². The van der Waals surface area contributed by atoms with Crippen molar-refractivity contribution >= 4 is 34.5 Å². The molecule has 168 valence electrons. The highest BCUT2D eigenvalue weighted by molar-refractivity contribution is 5.95. The molecule has 0 bridgehead atoms. The third kappa shape index (κ3) is 5.69. The summed E-state index contributed by atoms with van der Waals surface area (Å²) in [5.74, 6) is -5.02. The van der Waals surface area contributed by atoms with Crippen LogP contribution in [0.1, 0.15) is 49.9 Å². The van der Waals surface area contributed by atoms with Crippen molar-refractivity contribution in [1.29, 1.82) is 0 Å². The second-order valence-electron chi connectivity index (χ2n) is 8.74. The lowest BCUT2D eigenvalue weighted by Crippen LogP contribution is -2.42. The summed E-state index contributed by atoms with van der Waals surface area (Å²) in [5.41, 5.74) is 9.73. The Kier molecular flexibility index (Phi) is 6.90. The molecule has 0 aliphatic heterocycles. The molecule has 0 spiro atoms. The number of hydrogen-bond donors (Lipinski definition) is 5. The Morgan fingerprint density at radius 2 is 1.71 bits per heavy atom. The molecule has 1 heterocycles. The van der Waals surface area contributed by atoms with Crippen LogP contribution >= 0.6 is 0 Å². The first-order valence-corrected chi connectivity index (χ1v) is 9.82. The van der Waals surface area contributed by atoms with Gasteiger partial charge in [-0.25, -0.2) is 4.79 Å². The highest BCUT2D eigenvalue weighted by Crippen LogP contribution is 2.39. The summed E-state index contributed by atoms with van der Waals surface area (Å²) in [4.78, 5) is 35.3. The first kappa shape index (κ1) is 24.1. The molecule has 1 aliphatic carbocycles. The van der Waals surface area contributed by atoms with Gasteiger partial charge in [-0.3, -0.25) is 14.6 Å². The van der Waals surface area contributed by atoms with E-state index >= 15 is 0 Å². The van der Waals surface area contributed by atoms with Crippen molar-refractivity contribution in [2.75, 3.05) is 5.73 Å². The molecule has 1 aliphatic rings. The molecule has 0 unspecified atom stereocenters. The molecule has 0 radical (unpaired) electrons. The Labute approximate surface area is 179 Å². The first-order valence-electron chi connectivity index (χ1n) is 9.82. The van der Waals surface area contributed by atoms with Crippen molar-refractivity contribution in [2.45, 2.75) is 58.5 Å². The number of benzene rings is 1. The second kappa shape index (κ2) is 8.89. The zero-order valence-electron chi connectivity index (χ0n) is 17.8. The van der Waals surface area contributed by atoms with Gasteiger partial charge < -0.3 is 26.2 Å². The minimum Gasteiger partial charge on any atom is -0.481 e. The van der Waals surface area contributed by atoms with Crippen molar-refractivity contribution in [3.8, 4) is 0 Å². The van der Waals surface area contributed by atoms with Gasteiger partial charge in [0.15, 0.2) is 5.60 Å². The van der Waals surface area contributed by atoms with Crippen molar-refractivity contribution in [3.05, 3.63) is 35.0 Å². The lowest BCUT2D eigenvalue weighted by molar-refractivity contribution is -0.170. The highest BCUT2D eigenvalue weighted by Gasteiger charge is 2.40. The van der Waals surface area contributed by atoms with E-state index in [2.05, 4.69) is 39.0 Å². The predicted molar refractivity (Wildman–Crippen MR) is 114 cm³/mol. The van der Waals surface area contributed by atoms with Crippen LogP contribution < -0.4 is 5.73 Å². The van der Waals surface area contributed by atoms with Crippen LogP contribution in [0.3, 0.4) is 0 Å². The maximum Gasteiger partial charge on any atom is 0.336 e. The third-order valence-electron chi connectivity index (χ3n) is 5.43. The highest BCUT2D eigenvalue weighted by atomic mass is 16.4. The Morgan fingerprint density at radius 3 is 2.23 bits per heavy atom. The average molecular weight is 432 g/mol. The summed E-state index contributed by atoms with van der Waals surface area (Å²) in [7, 11) is 0. The van der Waals surface area contributed by atoms with Crippen LogP contribution in [-0.2, 0) is 27.2 Å². The first-order chi connectivity index (χ1) is 14.3. The number of carboxylic acid groups (broad SMARTS) is 3. The number of aliphatic carboxylic acids is 3. The normalized spacial score (nSPS) is 14.8. The van der Waals surface area contributed by atoms with Gasteiger partial charge in [-0.2, -0.15) is 0 Å². The topological polar surface area (TPSA) is 171 Å². The molecule has 0 amide bonds. The maximum absolute atomic E-state index is 10.3. The van der Waals surface area contributed by atoms with Crippen LogP contribution in [0.5, 0.6) is 0 Å². The van der Waals surface area contributed by atoms with Crippen molar-refractivity contribution in [2.24, 2.45) is 5.41 Å². The molecule has 0 fully saturated rings. The fraction of sp³-hybridized carbons (Fsp3) is 0.455. The van der Waals surface area contributed by atoms with Crippen LogP contribution in [0.4, 0.5) is 5.69 Å². The Morgan fingerprint density at radius 1 is 1.13 bits per heavy atom. The molecule has 0 saturated heterocycles. The molecule has 0 atom stereocenters. The van der Waals surface area contributed by atoms with Gasteiger partial charge in [0.25, 0.3) is 0 Å². The van der Waals surface area contributed by atoms with Crippen LogP contribution in [-0.4, -0.2) is 48.9 Å². The molecular weight excluding hydrogens is 404 g/mol. The van der Waals surface area contributed by atoms with Crippen LogP contribution in [0.25, 0.3) is 10.9 Å². The van der Waals surface area contributed by atoms with Gasteiger partial charge in [0.1, 0.15) is 0 Å². The van der Waals surface area contributed by atoms with Crippen LogP contribution in [0.15, 0.2) is 18.2 Å². The largest absolute Gasteiger partial charge is 0.481 e. The third-order valence-corrected chi connectivity index (χ3v) is 5.43. The van der Waals surface area contributed by atoms with E-state index in [1.807, 2.05) is 0 Å². The van der Waals surface area contributed by atoms with E-state index in [4.69, 9.17) is 31.1 Å². The fourth-order valence-electron chi connectivity index (χ4n) is 3.76.